The molecule has 0 spiro atoms. The molecule has 1 atom stereocenters. The zero-order chi connectivity index (χ0) is 12.3. The third-order valence-corrected chi connectivity index (χ3v) is 3.11. The zero-order valence-corrected chi connectivity index (χ0v) is 10.1. The lowest BCUT2D eigenvalue weighted by molar-refractivity contribution is 0.306. The number of hydrogen-bond acceptors (Lipinski definition) is 3. The Balaban J connectivity index is 1.86. The second-order valence-electron chi connectivity index (χ2n) is 4.02. The van der Waals surface area contributed by atoms with Crippen molar-refractivity contribution in [1.29, 1.82) is 0 Å². The van der Waals surface area contributed by atoms with Gasteiger partial charge in [-0.05, 0) is 31.4 Å². The molecule has 0 saturated heterocycles. The molecule has 0 aromatic heterocycles. The number of amidine groups is 1. The first-order chi connectivity index (χ1) is 8.16. The molecular formula is C12H14ClFN2O. The van der Waals surface area contributed by atoms with Gasteiger partial charge in [-0.15, -0.1) is 0 Å². The van der Waals surface area contributed by atoms with Crippen molar-refractivity contribution in [2.45, 2.75) is 25.3 Å². The Morgan fingerprint density at radius 1 is 1.53 bits per heavy atom. The Kier molecular flexibility index (Phi) is 3.84. The Morgan fingerprint density at radius 3 is 3.00 bits per heavy atom. The summed E-state index contributed by atoms with van der Waals surface area (Å²) in [6.45, 7) is 0.525. The summed E-state index contributed by atoms with van der Waals surface area (Å²) in [5, 5.41) is 0.482. The van der Waals surface area contributed by atoms with Crippen molar-refractivity contribution < 1.29 is 9.13 Å². The Labute approximate surface area is 104 Å². The van der Waals surface area contributed by atoms with Crippen LogP contribution in [0.25, 0.3) is 0 Å². The minimum atomic E-state index is -0.247. The number of halogens is 2. The monoisotopic (exact) mass is 256 g/mol. The molecule has 0 amide bonds. The molecule has 0 radical (unpaired) electrons. The molecule has 0 aliphatic carbocycles. The van der Waals surface area contributed by atoms with Crippen molar-refractivity contribution in [2.24, 2.45) is 10.7 Å². The van der Waals surface area contributed by atoms with Gasteiger partial charge in [0.05, 0.1) is 6.04 Å². The SMILES string of the molecule is NC1=N[C@@H](CCCc2c(F)cccc2Cl)CO1. The van der Waals surface area contributed by atoms with Crippen LogP contribution in [0.4, 0.5) is 4.39 Å². The maximum atomic E-state index is 13.5. The van der Waals surface area contributed by atoms with Crippen LogP contribution in [0.5, 0.6) is 0 Å². The highest BCUT2D eigenvalue weighted by Gasteiger charge is 2.16. The van der Waals surface area contributed by atoms with Gasteiger partial charge in [-0.2, -0.15) is 0 Å². The average molecular weight is 257 g/mol. The van der Waals surface area contributed by atoms with E-state index in [2.05, 4.69) is 4.99 Å². The van der Waals surface area contributed by atoms with Crippen molar-refractivity contribution in [2.75, 3.05) is 6.61 Å². The maximum absolute atomic E-state index is 13.5. The van der Waals surface area contributed by atoms with Crippen LogP contribution in [0.1, 0.15) is 18.4 Å². The lowest BCUT2D eigenvalue weighted by atomic mass is 10.0. The van der Waals surface area contributed by atoms with E-state index < -0.39 is 0 Å². The van der Waals surface area contributed by atoms with Gasteiger partial charge in [0.25, 0.3) is 6.02 Å². The van der Waals surface area contributed by atoms with E-state index in [-0.39, 0.29) is 17.9 Å². The van der Waals surface area contributed by atoms with Crippen LogP contribution < -0.4 is 5.73 Å². The first kappa shape index (κ1) is 12.2. The molecule has 1 heterocycles. The lowest BCUT2D eigenvalue weighted by Gasteiger charge is -2.07. The van der Waals surface area contributed by atoms with E-state index in [4.69, 9.17) is 22.1 Å². The molecule has 0 bridgehead atoms. The first-order valence-electron chi connectivity index (χ1n) is 5.56. The van der Waals surface area contributed by atoms with Crippen LogP contribution in [0.15, 0.2) is 23.2 Å². The quantitative estimate of drug-likeness (QED) is 0.900. The van der Waals surface area contributed by atoms with Crippen LogP contribution in [0, 0.1) is 5.82 Å². The van der Waals surface area contributed by atoms with Gasteiger partial charge in [0.2, 0.25) is 0 Å². The molecule has 5 heteroatoms. The number of rotatable bonds is 4. The number of ether oxygens (including phenoxy) is 1. The van der Waals surface area contributed by atoms with E-state index in [0.29, 0.717) is 23.6 Å². The van der Waals surface area contributed by atoms with Crippen LogP contribution in [0.3, 0.4) is 0 Å². The largest absolute Gasteiger partial charge is 0.463 e. The molecule has 1 aromatic carbocycles. The summed E-state index contributed by atoms with van der Waals surface area (Å²) >= 11 is 5.94. The molecule has 1 aliphatic heterocycles. The molecule has 0 unspecified atom stereocenters. The lowest BCUT2D eigenvalue weighted by Crippen LogP contribution is -2.10. The molecule has 2 rings (SSSR count). The molecule has 1 aromatic rings. The van der Waals surface area contributed by atoms with E-state index in [1.54, 1.807) is 12.1 Å². The molecule has 0 saturated carbocycles. The van der Waals surface area contributed by atoms with Crippen molar-refractivity contribution in [3.63, 3.8) is 0 Å². The summed E-state index contributed by atoms with van der Waals surface area (Å²) in [5.41, 5.74) is 5.98. The van der Waals surface area contributed by atoms with Crippen LogP contribution in [-0.4, -0.2) is 18.7 Å². The Bertz CT molecular complexity index is 416. The number of benzene rings is 1. The first-order valence-corrected chi connectivity index (χ1v) is 5.93. The molecule has 2 N–H and O–H groups in total. The fraction of sp³-hybridized carbons (Fsp3) is 0.417. The van der Waals surface area contributed by atoms with Crippen molar-refractivity contribution in [3.8, 4) is 0 Å². The minimum Gasteiger partial charge on any atom is -0.463 e. The highest BCUT2D eigenvalue weighted by Crippen LogP contribution is 2.21. The van der Waals surface area contributed by atoms with Gasteiger partial charge in [0.15, 0.2) is 0 Å². The Morgan fingerprint density at radius 2 is 2.35 bits per heavy atom. The third kappa shape index (κ3) is 3.09. The number of hydrogen-bond donors (Lipinski definition) is 1. The summed E-state index contributed by atoms with van der Waals surface area (Å²) in [7, 11) is 0. The molecular weight excluding hydrogens is 243 g/mol. The van der Waals surface area contributed by atoms with E-state index in [1.807, 2.05) is 0 Å². The van der Waals surface area contributed by atoms with E-state index in [1.165, 1.54) is 6.07 Å². The van der Waals surface area contributed by atoms with Crippen molar-refractivity contribution in [1.82, 2.24) is 0 Å². The fourth-order valence-corrected chi connectivity index (χ4v) is 2.13. The van der Waals surface area contributed by atoms with Gasteiger partial charge in [-0.3, -0.25) is 0 Å². The van der Waals surface area contributed by atoms with Gasteiger partial charge < -0.3 is 10.5 Å². The van der Waals surface area contributed by atoms with E-state index in [9.17, 15) is 4.39 Å². The number of nitrogens with two attached hydrogens (primary N) is 1. The van der Waals surface area contributed by atoms with Crippen molar-refractivity contribution in [3.05, 3.63) is 34.6 Å². The van der Waals surface area contributed by atoms with Gasteiger partial charge in [0.1, 0.15) is 12.4 Å². The zero-order valence-electron chi connectivity index (χ0n) is 9.33. The molecule has 0 fully saturated rings. The second-order valence-corrected chi connectivity index (χ2v) is 4.43. The molecule has 17 heavy (non-hydrogen) atoms. The van der Waals surface area contributed by atoms with Gasteiger partial charge in [-0.1, -0.05) is 17.7 Å². The van der Waals surface area contributed by atoms with Crippen molar-refractivity contribution >= 4 is 17.6 Å². The number of aliphatic imine (C=N–C) groups is 1. The molecule has 3 nitrogen and oxygen atoms in total. The summed E-state index contributed by atoms with van der Waals surface area (Å²) in [5.74, 6) is -0.247. The molecule has 1 aliphatic rings. The third-order valence-electron chi connectivity index (χ3n) is 2.76. The smallest absolute Gasteiger partial charge is 0.282 e. The van der Waals surface area contributed by atoms with Crippen LogP contribution in [-0.2, 0) is 11.2 Å². The normalized spacial score (nSPS) is 18.9. The summed E-state index contributed by atoms with van der Waals surface area (Å²) in [4.78, 5) is 4.11. The van der Waals surface area contributed by atoms with Gasteiger partial charge in [0, 0.05) is 10.6 Å². The Hall–Kier alpha value is -1.29. The van der Waals surface area contributed by atoms with Crippen LogP contribution >= 0.6 is 11.6 Å². The average Bonchev–Trinajstić information content (AvgIpc) is 2.69. The summed E-state index contributed by atoms with van der Waals surface area (Å²) in [6.07, 6.45) is 2.24. The predicted molar refractivity (Wildman–Crippen MR) is 65.7 cm³/mol. The van der Waals surface area contributed by atoms with Gasteiger partial charge >= 0.3 is 0 Å². The fourth-order valence-electron chi connectivity index (χ4n) is 1.87. The summed E-state index contributed by atoms with van der Waals surface area (Å²) < 4.78 is 18.5. The second kappa shape index (κ2) is 5.36. The minimum absolute atomic E-state index is 0.0977. The highest BCUT2D eigenvalue weighted by molar-refractivity contribution is 6.31. The highest BCUT2D eigenvalue weighted by atomic mass is 35.5. The molecule has 92 valence electrons. The summed E-state index contributed by atoms with van der Waals surface area (Å²) in [6, 6.07) is 5.08. The topological polar surface area (TPSA) is 47.6 Å². The van der Waals surface area contributed by atoms with E-state index in [0.717, 1.165) is 12.8 Å². The predicted octanol–water partition coefficient (Wildman–Crippen LogP) is 2.52. The maximum Gasteiger partial charge on any atom is 0.282 e. The standard InChI is InChI=1S/C12H14ClFN2O/c13-10-5-2-6-11(14)9(10)4-1-3-8-7-17-12(15)16-8/h2,5-6,8H,1,3-4,7H2,(H2,15,16)/t8-/m0/s1. The van der Waals surface area contributed by atoms with E-state index >= 15 is 0 Å². The van der Waals surface area contributed by atoms with Crippen LogP contribution in [0.2, 0.25) is 5.02 Å². The number of nitrogens with zero attached hydrogens (tertiary/aromatic N) is 1. The van der Waals surface area contributed by atoms with Gasteiger partial charge in [-0.25, -0.2) is 9.38 Å².